The predicted octanol–water partition coefficient (Wildman–Crippen LogP) is 1.12. The van der Waals surface area contributed by atoms with E-state index in [9.17, 15) is 17.6 Å². The molecule has 126 valence electrons. The van der Waals surface area contributed by atoms with Crippen LogP contribution < -0.4 is 5.32 Å². The zero-order valence-corrected chi connectivity index (χ0v) is 13.7. The standard InChI is InChI=1S/C16H21FN2O3S/c17-14-3-1-2-13(9-14)15-10-19(6-5-18-15)16(20)8-12-4-7-23(21,22)11-12/h1-3,9,12,15,18H,4-8,10-11H2. The Morgan fingerprint density at radius 3 is 2.91 bits per heavy atom. The summed E-state index contributed by atoms with van der Waals surface area (Å²) in [5, 5.41) is 3.30. The highest BCUT2D eigenvalue weighted by atomic mass is 32.2. The van der Waals surface area contributed by atoms with Crippen molar-refractivity contribution in [3.05, 3.63) is 35.6 Å². The van der Waals surface area contributed by atoms with E-state index in [1.807, 2.05) is 6.07 Å². The van der Waals surface area contributed by atoms with Gasteiger partial charge in [0.05, 0.1) is 17.5 Å². The van der Waals surface area contributed by atoms with Crippen LogP contribution in [0.4, 0.5) is 4.39 Å². The number of benzene rings is 1. The Bertz CT molecular complexity index is 692. The van der Waals surface area contributed by atoms with Crippen molar-refractivity contribution in [2.24, 2.45) is 5.92 Å². The molecule has 0 spiro atoms. The highest BCUT2D eigenvalue weighted by Crippen LogP contribution is 2.24. The number of carbonyl (C=O) groups is 1. The van der Waals surface area contributed by atoms with Crippen molar-refractivity contribution in [3.63, 3.8) is 0 Å². The van der Waals surface area contributed by atoms with Crippen molar-refractivity contribution >= 4 is 15.7 Å². The SMILES string of the molecule is O=C(CC1CCS(=O)(=O)C1)N1CCNC(c2cccc(F)c2)C1. The number of sulfone groups is 1. The van der Waals surface area contributed by atoms with Gasteiger partial charge in [-0.2, -0.15) is 0 Å². The maximum atomic E-state index is 13.4. The monoisotopic (exact) mass is 340 g/mol. The van der Waals surface area contributed by atoms with Crippen LogP contribution >= 0.6 is 0 Å². The van der Waals surface area contributed by atoms with Crippen LogP contribution in [0, 0.1) is 11.7 Å². The van der Waals surface area contributed by atoms with Gasteiger partial charge in [-0.15, -0.1) is 0 Å². The number of amides is 1. The summed E-state index contributed by atoms with van der Waals surface area (Å²) in [5.74, 6) is -0.0368. The van der Waals surface area contributed by atoms with Crippen molar-refractivity contribution in [2.75, 3.05) is 31.1 Å². The lowest BCUT2D eigenvalue weighted by Crippen LogP contribution is -2.48. The summed E-state index contributed by atoms with van der Waals surface area (Å²) in [6.07, 6.45) is 0.864. The molecule has 2 aliphatic rings. The van der Waals surface area contributed by atoms with Gasteiger partial charge in [-0.05, 0) is 30.0 Å². The Kier molecular flexibility index (Phi) is 4.68. The molecule has 0 aliphatic carbocycles. The van der Waals surface area contributed by atoms with E-state index in [0.29, 0.717) is 26.1 Å². The minimum atomic E-state index is -2.96. The highest BCUT2D eigenvalue weighted by molar-refractivity contribution is 7.91. The maximum absolute atomic E-state index is 13.4. The van der Waals surface area contributed by atoms with Gasteiger partial charge in [0.1, 0.15) is 5.82 Å². The molecule has 2 saturated heterocycles. The number of carbonyl (C=O) groups excluding carboxylic acids is 1. The minimum absolute atomic E-state index is 0.00463. The average Bonchev–Trinajstić information content (AvgIpc) is 2.86. The highest BCUT2D eigenvalue weighted by Gasteiger charge is 2.32. The quantitative estimate of drug-likeness (QED) is 0.896. The Balaban J connectivity index is 1.61. The van der Waals surface area contributed by atoms with Gasteiger partial charge >= 0.3 is 0 Å². The van der Waals surface area contributed by atoms with Gasteiger partial charge in [0.2, 0.25) is 5.91 Å². The number of nitrogens with zero attached hydrogens (tertiary/aromatic N) is 1. The van der Waals surface area contributed by atoms with E-state index in [-0.39, 0.29) is 41.6 Å². The Morgan fingerprint density at radius 1 is 1.39 bits per heavy atom. The fourth-order valence-electron chi connectivity index (χ4n) is 3.33. The molecule has 0 aromatic heterocycles. The second kappa shape index (κ2) is 6.57. The minimum Gasteiger partial charge on any atom is -0.340 e. The third-order valence-electron chi connectivity index (χ3n) is 4.57. The summed E-state index contributed by atoms with van der Waals surface area (Å²) in [6, 6.07) is 6.30. The zero-order chi connectivity index (χ0) is 16.4. The summed E-state index contributed by atoms with van der Waals surface area (Å²) >= 11 is 0. The molecule has 5 nitrogen and oxygen atoms in total. The van der Waals surface area contributed by atoms with Gasteiger partial charge in [0.15, 0.2) is 9.84 Å². The van der Waals surface area contributed by atoms with Crippen LogP contribution in [0.1, 0.15) is 24.4 Å². The van der Waals surface area contributed by atoms with E-state index in [4.69, 9.17) is 0 Å². The van der Waals surface area contributed by atoms with Crippen LogP contribution in [0.2, 0.25) is 0 Å². The summed E-state index contributed by atoms with van der Waals surface area (Å²) in [7, 11) is -2.96. The molecule has 0 bridgehead atoms. The van der Waals surface area contributed by atoms with Gasteiger partial charge < -0.3 is 10.2 Å². The molecule has 0 radical (unpaired) electrons. The second-order valence-corrected chi connectivity index (χ2v) is 8.60. The summed E-state index contributed by atoms with van der Waals surface area (Å²) in [5.41, 5.74) is 0.825. The molecule has 2 atom stereocenters. The van der Waals surface area contributed by atoms with Gasteiger partial charge in [-0.3, -0.25) is 4.79 Å². The maximum Gasteiger partial charge on any atom is 0.222 e. The zero-order valence-electron chi connectivity index (χ0n) is 12.9. The van der Waals surface area contributed by atoms with E-state index in [1.54, 1.807) is 11.0 Å². The molecule has 2 fully saturated rings. The largest absolute Gasteiger partial charge is 0.340 e. The van der Waals surface area contributed by atoms with Crippen molar-refractivity contribution in [3.8, 4) is 0 Å². The molecule has 1 amide bonds. The number of halogens is 1. The molecule has 2 unspecified atom stereocenters. The van der Waals surface area contributed by atoms with Crippen molar-refractivity contribution in [1.82, 2.24) is 10.2 Å². The molecule has 1 N–H and O–H groups in total. The van der Waals surface area contributed by atoms with Crippen molar-refractivity contribution in [1.29, 1.82) is 0 Å². The molecule has 3 rings (SSSR count). The van der Waals surface area contributed by atoms with Crippen LogP contribution in [-0.2, 0) is 14.6 Å². The normalized spacial score (nSPS) is 27.1. The lowest BCUT2D eigenvalue weighted by atomic mass is 10.0. The first-order chi connectivity index (χ1) is 10.9. The summed E-state index contributed by atoms with van der Waals surface area (Å²) in [6.45, 7) is 1.74. The van der Waals surface area contributed by atoms with E-state index in [2.05, 4.69) is 5.32 Å². The summed E-state index contributed by atoms with van der Waals surface area (Å²) < 4.78 is 36.4. The number of hydrogen-bond donors (Lipinski definition) is 1. The molecule has 1 aromatic carbocycles. The molecule has 2 heterocycles. The van der Waals surface area contributed by atoms with Gasteiger partial charge in [0.25, 0.3) is 0 Å². The average molecular weight is 340 g/mol. The van der Waals surface area contributed by atoms with Gasteiger partial charge in [-0.25, -0.2) is 12.8 Å². The van der Waals surface area contributed by atoms with E-state index >= 15 is 0 Å². The molecule has 0 saturated carbocycles. The van der Waals surface area contributed by atoms with Crippen LogP contribution in [0.5, 0.6) is 0 Å². The first kappa shape index (κ1) is 16.4. The molecular formula is C16H21FN2O3S. The number of piperazine rings is 1. The third-order valence-corrected chi connectivity index (χ3v) is 6.41. The fraction of sp³-hybridized carbons (Fsp3) is 0.562. The van der Waals surface area contributed by atoms with E-state index in [1.165, 1.54) is 12.1 Å². The lowest BCUT2D eigenvalue weighted by molar-refractivity contribution is -0.133. The van der Waals surface area contributed by atoms with Crippen LogP contribution in [0.3, 0.4) is 0 Å². The topological polar surface area (TPSA) is 66.5 Å². The number of hydrogen-bond acceptors (Lipinski definition) is 4. The molecule has 23 heavy (non-hydrogen) atoms. The number of rotatable bonds is 3. The Hall–Kier alpha value is -1.47. The predicted molar refractivity (Wildman–Crippen MR) is 85.1 cm³/mol. The van der Waals surface area contributed by atoms with Gasteiger partial charge in [0, 0.05) is 26.1 Å². The molecule has 2 aliphatic heterocycles. The first-order valence-electron chi connectivity index (χ1n) is 7.90. The van der Waals surface area contributed by atoms with Crippen LogP contribution in [0.25, 0.3) is 0 Å². The van der Waals surface area contributed by atoms with Crippen LogP contribution in [0.15, 0.2) is 24.3 Å². The third kappa shape index (κ3) is 4.09. The molecular weight excluding hydrogens is 319 g/mol. The number of nitrogens with one attached hydrogen (secondary N) is 1. The van der Waals surface area contributed by atoms with Crippen molar-refractivity contribution in [2.45, 2.75) is 18.9 Å². The van der Waals surface area contributed by atoms with Crippen molar-refractivity contribution < 1.29 is 17.6 Å². The van der Waals surface area contributed by atoms with E-state index < -0.39 is 9.84 Å². The fourth-order valence-corrected chi connectivity index (χ4v) is 5.19. The van der Waals surface area contributed by atoms with Crippen LogP contribution in [-0.4, -0.2) is 50.4 Å². The summed E-state index contributed by atoms with van der Waals surface area (Å²) in [4.78, 5) is 14.2. The first-order valence-corrected chi connectivity index (χ1v) is 9.72. The molecule has 7 heteroatoms. The smallest absolute Gasteiger partial charge is 0.222 e. The Morgan fingerprint density at radius 2 is 2.22 bits per heavy atom. The lowest BCUT2D eigenvalue weighted by Gasteiger charge is -2.34. The van der Waals surface area contributed by atoms with Gasteiger partial charge in [-0.1, -0.05) is 12.1 Å². The second-order valence-electron chi connectivity index (χ2n) is 6.37. The Labute approximate surface area is 135 Å². The molecule has 1 aromatic rings. The van der Waals surface area contributed by atoms with E-state index in [0.717, 1.165) is 5.56 Å².